The highest BCUT2D eigenvalue weighted by molar-refractivity contribution is 7.22. The van der Waals surface area contributed by atoms with Gasteiger partial charge in [0, 0.05) is 5.56 Å². The molecule has 5 rings (SSSR count). The standard InChI is InChI=1S/C31H30N2O6S/c1-4-6-16-39-21-12-10-19(11-13-21)27-26(28(34)20-8-7-9-22(17-20)37-3)29(35)30(36)33(27)31-32-24-15-14-23(38-5-2)18-25(24)40-31/h7-15,17-18,27,34H,4-6,16H2,1-3H3. The van der Waals surface area contributed by atoms with Gasteiger partial charge in [0.2, 0.25) is 0 Å². The van der Waals surface area contributed by atoms with Crippen LogP contribution >= 0.6 is 11.3 Å². The summed E-state index contributed by atoms with van der Waals surface area (Å²) in [6.45, 7) is 5.12. The first-order chi connectivity index (χ1) is 19.4. The molecule has 1 N–H and O–H groups in total. The van der Waals surface area contributed by atoms with E-state index in [-0.39, 0.29) is 11.3 Å². The fraction of sp³-hybridized carbons (Fsp3) is 0.258. The lowest BCUT2D eigenvalue weighted by atomic mass is 9.95. The van der Waals surface area contributed by atoms with Gasteiger partial charge in [-0.15, -0.1) is 0 Å². The van der Waals surface area contributed by atoms with Crippen LogP contribution in [0.5, 0.6) is 17.2 Å². The Labute approximate surface area is 236 Å². The van der Waals surface area contributed by atoms with E-state index in [0.717, 1.165) is 17.5 Å². The fourth-order valence-electron chi connectivity index (χ4n) is 4.60. The molecule has 0 bridgehead atoms. The highest BCUT2D eigenvalue weighted by atomic mass is 32.1. The molecule has 2 heterocycles. The maximum Gasteiger partial charge on any atom is 0.301 e. The lowest BCUT2D eigenvalue weighted by Crippen LogP contribution is -2.29. The number of carbonyl (C=O) groups excluding carboxylic acids is 2. The number of aromatic nitrogens is 1. The Morgan fingerprint density at radius 2 is 1.75 bits per heavy atom. The number of nitrogens with zero attached hydrogens (tertiary/aromatic N) is 2. The summed E-state index contributed by atoms with van der Waals surface area (Å²) in [6, 6.07) is 18.6. The molecule has 3 aromatic carbocycles. The molecule has 0 spiro atoms. The number of fused-ring (bicyclic) bond motifs is 1. The maximum absolute atomic E-state index is 13.6. The van der Waals surface area contributed by atoms with Crippen LogP contribution in [0, 0.1) is 0 Å². The lowest BCUT2D eigenvalue weighted by Gasteiger charge is -2.23. The number of ketones is 1. The monoisotopic (exact) mass is 558 g/mol. The summed E-state index contributed by atoms with van der Waals surface area (Å²) >= 11 is 1.28. The molecule has 206 valence electrons. The number of aliphatic hydroxyl groups excluding tert-OH is 1. The number of benzene rings is 3. The number of amides is 1. The summed E-state index contributed by atoms with van der Waals surface area (Å²) in [5, 5.41) is 11.8. The predicted molar refractivity (Wildman–Crippen MR) is 155 cm³/mol. The van der Waals surface area contributed by atoms with Crippen molar-refractivity contribution in [1.29, 1.82) is 0 Å². The lowest BCUT2D eigenvalue weighted by molar-refractivity contribution is -0.132. The van der Waals surface area contributed by atoms with E-state index in [1.165, 1.54) is 23.3 Å². The number of hydrogen-bond donors (Lipinski definition) is 1. The Morgan fingerprint density at radius 1 is 0.975 bits per heavy atom. The third kappa shape index (κ3) is 5.24. The van der Waals surface area contributed by atoms with Crippen LogP contribution in [0.4, 0.5) is 5.13 Å². The summed E-state index contributed by atoms with van der Waals surface area (Å²) in [4.78, 5) is 33.2. The van der Waals surface area contributed by atoms with E-state index in [0.29, 0.717) is 52.2 Å². The van der Waals surface area contributed by atoms with Crippen LogP contribution in [0.2, 0.25) is 0 Å². The summed E-state index contributed by atoms with van der Waals surface area (Å²) in [5.74, 6) is 0.0583. The number of hydrogen-bond acceptors (Lipinski definition) is 8. The number of methoxy groups -OCH3 is 1. The largest absolute Gasteiger partial charge is 0.507 e. The van der Waals surface area contributed by atoms with Gasteiger partial charge >= 0.3 is 5.91 Å². The number of thiazole rings is 1. The molecule has 8 nitrogen and oxygen atoms in total. The minimum atomic E-state index is -0.900. The van der Waals surface area contributed by atoms with Crippen LogP contribution in [0.1, 0.15) is 43.9 Å². The normalized spacial score (nSPS) is 16.5. The van der Waals surface area contributed by atoms with Crippen molar-refractivity contribution in [3.05, 3.63) is 83.4 Å². The quantitative estimate of drug-likeness (QED) is 0.103. The number of aliphatic hydroxyl groups is 1. The van der Waals surface area contributed by atoms with Gasteiger partial charge in [0.05, 0.1) is 42.2 Å². The minimum Gasteiger partial charge on any atom is -0.507 e. The number of Topliss-reactive ketones (excluding diaryl/α,β-unsaturated/α-hetero) is 1. The van der Waals surface area contributed by atoms with Crippen molar-refractivity contribution in [3.8, 4) is 17.2 Å². The molecule has 1 saturated heterocycles. The summed E-state index contributed by atoms with van der Waals surface area (Å²) in [5.41, 5.74) is 1.66. The van der Waals surface area contributed by atoms with Crippen LogP contribution in [-0.2, 0) is 9.59 Å². The maximum atomic E-state index is 13.6. The molecule has 1 unspecified atom stereocenters. The van der Waals surface area contributed by atoms with Crippen molar-refractivity contribution in [3.63, 3.8) is 0 Å². The molecule has 1 atom stereocenters. The van der Waals surface area contributed by atoms with Crippen molar-refractivity contribution in [1.82, 2.24) is 4.98 Å². The SMILES string of the molecule is CCCCOc1ccc(C2C(=C(O)c3cccc(OC)c3)C(=O)C(=O)N2c2nc3ccc(OCC)cc3s2)cc1. The molecule has 1 amide bonds. The van der Waals surface area contributed by atoms with E-state index in [1.807, 2.05) is 49.4 Å². The first-order valence-corrected chi connectivity index (χ1v) is 14.0. The molecule has 1 fully saturated rings. The molecule has 1 aromatic heterocycles. The van der Waals surface area contributed by atoms with Gasteiger partial charge in [0.1, 0.15) is 23.0 Å². The van der Waals surface area contributed by atoms with Crippen LogP contribution in [0.15, 0.2) is 72.3 Å². The van der Waals surface area contributed by atoms with Crippen molar-refractivity contribution in [2.24, 2.45) is 0 Å². The van der Waals surface area contributed by atoms with Crippen LogP contribution in [-0.4, -0.2) is 42.1 Å². The second kappa shape index (κ2) is 11.8. The summed E-state index contributed by atoms with van der Waals surface area (Å²) in [6.07, 6.45) is 1.95. The Kier molecular flexibility index (Phi) is 8.02. The second-order valence-corrected chi connectivity index (χ2v) is 10.2. The van der Waals surface area contributed by atoms with Gasteiger partial charge < -0.3 is 19.3 Å². The number of ether oxygens (including phenoxy) is 3. The first-order valence-electron chi connectivity index (χ1n) is 13.2. The number of anilines is 1. The minimum absolute atomic E-state index is 0.0211. The number of rotatable bonds is 10. The molecule has 0 radical (unpaired) electrons. The van der Waals surface area contributed by atoms with Gasteiger partial charge in [0.15, 0.2) is 5.13 Å². The Hall–Kier alpha value is -4.37. The Bertz CT molecular complexity index is 1580. The Balaban J connectivity index is 1.63. The van der Waals surface area contributed by atoms with Gasteiger partial charge in [-0.05, 0) is 61.4 Å². The van der Waals surface area contributed by atoms with Gasteiger partial charge in [-0.3, -0.25) is 14.5 Å². The molecule has 9 heteroatoms. The average molecular weight is 559 g/mol. The van der Waals surface area contributed by atoms with Crippen LogP contribution < -0.4 is 19.1 Å². The van der Waals surface area contributed by atoms with Gasteiger partial charge in [-0.2, -0.15) is 0 Å². The van der Waals surface area contributed by atoms with Crippen LogP contribution in [0.25, 0.3) is 16.0 Å². The zero-order valence-electron chi connectivity index (χ0n) is 22.5. The zero-order valence-corrected chi connectivity index (χ0v) is 23.4. The predicted octanol–water partition coefficient (Wildman–Crippen LogP) is 6.51. The molecule has 1 aliphatic heterocycles. The first kappa shape index (κ1) is 27.2. The molecule has 1 aliphatic rings. The number of unbranched alkanes of at least 4 members (excludes halogenated alkanes) is 1. The van der Waals surface area contributed by atoms with E-state index >= 15 is 0 Å². The average Bonchev–Trinajstić information content (AvgIpc) is 3.51. The molecular formula is C31H30N2O6S. The van der Waals surface area contributed by atoms with Crippen molar-refractivity contribution >= 4 is 44.1 Å². The smallest absolute Gasteiger partial charge is 0.301 e. The van der Waals surface area contributed by atoms with E-state index in [1.54, 1.807) is 24.3 Å². The summed E-state index contributed by atoms with van der Waals surface area (Å²) in [7, 11) is 1.52. The second-order valence-electron chi connectivity index (χ2n) is 9.23. The van der Waals surface area contributed by atoms with E-state index in [2.05, 4.69) is 11.9 Å². The molecule has 40 heavy (non-hydrogen) atoms. The number of carbonyl (C=O) groups is 2. The van der Waals surface area contributed by atoms with Gasteiger partial charge in [-0.1, -0.05) is 48.9 Å². The van der Waals surface area contributed by atoms with E-state index in [9.17, 15) is 14.7 Å². The topological polar surface area (TPSA) is 98.2 Å². The molecule has 0 aliphatic carbocycles. The van der Waals surface area contributed by atoms with E-state index < -0.39 is 17.7 Å². The summed E-state index contributed by atoms with van der Waals surface area (Å²) < 4.78 is 17.6. The Morgan fingerprint density at radius 3 is 2.48 bits per heavy atom. The van der Waals surface area contributed by atoms with Gasteiger partial charge in [0.25, 0.3) is 5.78 Å². The third-order valence-electron chi connectivity index (χ3n) is 6.62. The van der Waals surface area contributed by atoms with Gasteiger partial charge in [-0.25, -0.2) is 4.98 Å². The highest BCUT2D eigenvalue weighted by Gasteiger charge is 2.48. The highest BCUT2D eigenvalue weighted by Crippen LogP contribution is 2.45. The van der Waals surface area contributed by atoms with Crippen molar-refractivity contribution in [2.75, 3.05) is 25.2 Å². The van der Waals surface area contributed by atoms with Crippen molar-refractivity contribution < 1.29 is 28.9 Å². The fourth-order valence-corrected chi connectivity index (χ4v) is 5.62. The van der Waals surface area contributed by atoms with E-state index in [4.69, 9.17) is 14.2 Å². The van der Waals surface area contributed by atoms with Crippen LogP contribution in [0.3, 0.4) is 0 Å². The third-order valence-corrected chi connectivity index (χ3v) is 7.63. The molecule has 4 aromatic rings. The van der Waals surface area contributed by atoms with Crippen molar-refractivity contribution in [2.45, 2.75) is 32.7 Å². The molecule has 0 saturated carbocycles. The zero-order chi connectivity index (χ0) is 28.2. The molecular weight excluding hydrogens is 528 g/mol.